The van der Waals surface area contributed by atoms with Gasteiger partial charge < -0.3 is 18.3 Å². The summed E-state index contributed by atoms with van der Waals surface area (Å²) in [5, 5.41) is -0.514. The van der Waals surface area contributed by atoms with Crippen LogP contribution in [-0.4, -0.2) is 58.2 Å². The molecule has 0 aromatic heterocycles. The van der Waals surface area contributed by atoms with E-state index in [-0.39, 0.29) is 29.0 Å². The molecular formula is C18H38O5Si2. The fraction of sp³-hybridized carbons (Fsp3) is 0.833. The molecular weight excluding hydrogens is 352 g/mol. The smallest absolute Gasteiger partial charge is 0.371 e. The summed E-state index contributed by atoms with van der Waals surface area (Å²) in [7, 11) is 2.60. The molecule has 3 unspecified atom stereocenters. The van der Waals surface area contributed by atoms with Gasteiger partial charge in [0.25, 0.3) is 0 Å². The Bertz CT molecular complexity index is 439. The Morgan fingerprint density at radius 1 is 1.28 bits per heavy atom. The van der Waals surface area contributed by atoms with E-state index in [2.05, 4.69) is 13.5 Å². The highest BCUT2D eigenvalue weighted by Crippen LogP contribution is 2.48. The minimum atomic E-state index is -2.59. The molecule has 1 rings (SSSR count). The second-order valence-corrected chi connectivity index (χ2v) is 10.3. The third-order valence-electron chi connectivity index (χ3n) is 5.37. The summed E-state index contributed by atoms with van der Waals surface area (Å²) in [5.74, 6) is -0.271. The summed E-state index contributed by atoms with van der Waals surface area (Å²) in [6.45, 7) is 9.55. The predicted molar refractivity (Wildman–Crippen MR) is 108 cm³/mol. The number of ether oxygens (including phenoxy) is 2. The number of carbonyl (C=O) groups is 1. The van der Waals surface area contributed by atoms with Gasteiger partial charge in [-0.25, -0.2) is 4.79 Å². The number of rotatable bonds is 9. The molecule has 3 atom stereocenters. The first-order valence-corrected chi connectivity index (χ1v) is 10.9. The van der Waals surface area contributed by atoms with E-state index < -0.39 is 13.8 Å². The summed E-state index contributed by atoms with van der Waals surface area (Å²) in [6, 6.07) is 0.898. The molecule has 25 heavy (non-hydrogen) atoms. The van der Waals surface area contributed by atoms with Crippen LogP contribution in [0.3, 0.4) is 0 Å². The number of carbonyl (C=O) groups excluding carboxylic acids is 1. The molecule has 1 aliphatic rings. The molecule has 148 valence electrons. The Hall–Kier alpha value is -0.476. The van der Waals surface area contributed by atoms with Crippen LogP contribution in [0, 0.1) is 5.92 Å². The molecule has 0 bridgehead atoms. The molecule has 1 saturated heterocycles. The van der Waals surface area contributed by atoms with Crippen LogP contribution in [0.25, 0.3) is 0 Å². The summed E-state index contributed by atoms with van der Waals surface area (Å²) < 4.78 is 23.9. The maximum Gasteiger partial charge on any atom is 0.371 e. The van der Waals surface area contributed by atoms with Crippen LogP contribution in [0.5, 0.6) is 0 Å². The lowest BCUT2D eigenvalue weighted by Gasteiger charge is -2.53. The van der Waals surface area contributed by atoms with Gasteiger partial charge in [0, 0.05) is 32.8 Å². The zero-order valence-corrected chi connectivity index (χ0v) is 17.1. The summed E-state index contributed by atoms with van der Waals surface area (Å²) >= 11 is 0. The molecule has 0 amide bonds. The van der Waals surface area contributed by atoms with E-state index in [1.807, 2.05) is 6.92 Å². The zero-order chi connectivity index (χ0) is 18.4. The van der Waals surface area contributed by atoms with Gasteiger partial charge in [-0.05, 0) is 43.2 Å². The average Bonchev–Trinajstić information content (AvgIpc) is 2.59. The van der Waals surface area contributed by atoms with E-state index in [1.165, 1.54) is 0 Å². The Balaban J connectivity index is 0.00000576. The number of hydrogen-bond acceptors (Lipinski definition) is 5. The van der Waals surface area contributed by atoms with Crippen molar-refractivity contribution in [3.05, 3.63) is 12.2 Å². The fourth-order valence-corrected chi connectivity index (χ4v) is 8.44. The maximum atomic E-state index is 12.1. The van der Waals surface area contributed by atoms with Gasteiger partial charge in [0.1, 0.15) is 11.3 Å². The highest BCUT2D eigenvalue weighted by molar-refractivity contribution is 6.70. The Kier molecular flexibility index (Phi) is 10.4. The second-order valence-electron chi connectivity index (χ2n) is 6.64. The standard InChI is InChI=1S/C18H34O5Si.H4Si/c1-8-12-18(20-5)15(11-10-13-24(18,21-6)22-7)16(9-2)23-17(19)14(3)4;/h15-16H,3,8-13H2,1-2,4-7H3;1H4. The molecule has 0 N–H and O–H groups in total. The first kappa shape index (κ1) is 24.5. The number of hydrogen-bond donors (Lipinski definition) is 0. The number of methoxy groups -OCH3 is 1. The lowest BCUT2D eigenvalue weighted by atomic mass is 9.85. The van der Waals surface area contributed by atoms with Crippen molar-refractivity contribution in [3.63, 3.8) is 0 Å². The van der Waals surface area contributed by atoms with Gasteiger partial charge in [-0.15, -0.1) is 0 Å². The molecule has 0 aromatic rings. The van der Waals surface area contributed by atoms with Gasteiger partial charge in [0.15, 0.2) is 0 Å². The normalized spacial score (nSPS) is 26.4. The molecule has 1 fully saturated rings. The van der Waals surface area contributed by atoms with Crippen LogP contribution in [-0.2, 0) is 23.1 Å². The van der Waals surface area contributed by atoms with Gasteiger partial charge in [-0.2, -0.15) is 0 Å². The van der Waals surface area contributed by atoms with E-state index in [0.717, 1.165) is 38.1 Å². The van der Waals surface area contributed by atoms with Crippen LogP contribution in [0.15, 0.2) is 12.2 Å². The third-order valence-corrected chi connectivity index (χ3v) is 9.81. The molecule has 0 saturated carbocycles. The SMILES string of the molecule is C=C(C)C(=O)OC(CC)C1CCC[Si](OC)(OC)C1(CCC)OC.[SiH4]. The highest BCUT2D eigenvalue weighted by Gasteiger charge is 2.64. The molecule has 0 aliphatic carbocycles. The quantitative estimate of drug-likeness (QED) is 0.343. The van der Waals surface area contributed by atoms with Gasteiger partial charge in [-0.1, -0.05) is 33.3 Å². The Morgan fingerprint density at radius 2 is 1.88 bits per heavy atom. The first-order chi connectivity index (χ1) is 11.4. The molecule has 7 heteroatoms. The fourth-order valence-electron chi connectivity index (χ4n) is 4.25. The van der Waals surface area contributed by atoms with Crippen LogP contribution >= 0.6 is 0 Å². The van der Waals surface area contributed by atoms with Crippen molar-refractivity contribution in [3.8, 4) is 0 Å². The first-order valence-electron chi connectivity index (χ1n) is 8.89. The van der Waals surface area contributed by atoms with Crippen molar-refractivity contribution in [2.75, 3.05) is 21.3 Å². The summed E-state index contributed by atoms with van der Waals surface area (Å²) in [5.41, 5.74) is 0.421. The van der Waals surface area contributed by atoms with E-state index in [4.69, 9.17) is 18.3 Å². The molecule has 0 spiro atoms. The average molecular weight is 391 g/mol. The topological polar surface area (TPSA) is 54.0 Å². The van der Waals surface area contributed by atoms with Crippen LogP contribution in [0.1, 0.15) is 52.9 Å². The van der Waals surface area contributed by atoms with Gasteiger partial charge in [0.2, 0.25) is 0 Å². The summed E-state index contributed by atoms with van der Waals surface area (Å²) in [6.07, 6.45) is 4.24. The second kappa shape index (κ2) is 10.6. The van der Waals surface area contributed by atoms with Crippen LogP contribution in [0.2, 0.25) is 6.04 Å². The van der Waals surface area contributed by atoms with Crippen LogP contribution in [0.4, 0.5) is 0 Å². The Labute approximate surface area is 158 Å². The summed E-state index contributed by atoms with van der Waals surface area (Å²) in [4.78, 5) is 12.1. The molecule has 0 radical (unpaired) electrons. The lowest BCUT2D eigenvalue weighted by Crippen LogP contribution is -2.70. The van der Waals surface area contributed by atoms with E-state index in [9.17, 15) is 4.79 Å². The van der Waals surface area contributed by atoms with E-state index >= 15 is 0 Å². The Morgan fingerprint density at radius 3 is 2.28 bits per heavy atom. The zero-order valence-electron chi connectivity index (χ0n) is 16.1. The van der Waals surface area contributed by atoms with Gasteiger partial charge >= 0.3 is 14.5 Å². The van der Waals surface area contributed by atoms with Crippen molar-refractivity contribution in [1.29, 1.82) is 0 Å². The van der Waals surface area contributed by atoms with Crippen molar-refractivity contribution in [1.82, 2.24) is 0 Å². The van der Waals surface area contributed by atoms with Gasteiger partial charge in [-0.3, -0.25) is 0 Å². The third kappa shape index (κ3) is 4.63. The molecule has 1 aliphatic heterocycles. The number of esters is 1. The van der Waals surface area contributed by atoms with Gasteiger partial charge in [0.05, 0.1) is 0 Å². The minimum absolute atomic E-state index is 0. The van der Waals surface area contributed by atoms with Crippen LogP contribution < -0.4 is 0 Å². The van der Waals surface area contributed by atoms with E-state index in [0.29, 0.717) is 5.57 Å². The van der Waals surface area contributed by atoms with Crippen molar-refractivity contribution in [2.24, 2.45) is 5.92 Å². The van der Waals surface area contributed by atoms with E-state index in [1.54, 1.807) is 28.3 Å². The maximum absolute atomic E-state index is 12.1. The minimum Gasteiger partial charge on any atom is -0.459 e. The predicted octanol–water partition coefficient (Wildman–Crippen LogP) is 2.30. The molecule has 1 heterocycles. The lowest BCUT2D eigenvalue weighted by molar-refractivity contribution is -0.156. The monoisotopic (exact) mass is 390 g/mol. The largest absolute Gasteiger partial charge is 0.459 e. The van der Waals surface area contributed by atoms with Crippen molar-refractivity contribution >= 4 is 25.5 Å². The molecule has 5 nitrogen and oxygen atoms in total. The van der Waals surface area contributed by atoms with Crippen molar-refractivity contribution in [2.45, 2.75) is 70.2 Å². The van der Waals surface area contributed by atoms with Crippen molar-refractivity contribution < 1.29 is 23.1 Å². The molecule has 0 aromatic carbocycles. The highest BCUT2D eigenvalue weighted by atomic mass is 28.4.